The SMILES string of the molecule is CC1(C)CCN(C(=O)c2cccc([N+](=O)[O-])c2O)CCS1. The molecule has 0 spiro atoms. The number of rotatable bonds is 2. The maximum Gasteiger partial charge on any atom is 0.311 e. The summed E-state index contributed by atoms with van der Waals surface area (Å²) in [5.74, 6) is -0.0906. The number of nitro benzene ring substituents is 1. The minimum Gasteiger partial charge on any atom is -0.502 e. The van der Waals surface area contributed by atoms with Crippen molar-refractivity contribution in [3.05, 3.63) is 33.9 Å². The molecule has 0 unspecified atom stereocenters. The number of para-hydroxylation sites is 1. The summed E-state index contributed by atoms with van der Waals surface area (Å²) < 4.78 is 0.111. The number of thioether (sulfide) groups is 1. The molecule has 0 aliphatic carbocycles. The molecule has 1 heterocycles. The summed E-state index contributed by atoms with van der Waals surface area (Å²) >= 11 is 1.81. The zero-order chi connectivity index (χ0) is 15.6. The summed E-state index contributed by atoms with van der Waals surface area (Å²) in [7, 11) is 0. The van der Waals surface area contributed by atoms with Gasteiger partial charge in [-0.05, 0) is 12.5 Å². The minimum atomic E-state index is -0.687. The van der Waals surface area contributed by atoms with E-state index in [4.69, 9.17) is 0 Å². The molecule has 1 amide bonds. The fourth-order valence-corrected chi connectivity index (χ4v) is 3.34. The van der Waals surface area contributed by atoms with Gasteiger partial charge in [0.05, 0.1) is 10.5 Å². The van der Waals surface area contributed by atoms with E-state index in [-0.39, 0.29) is 16.2 Å². The second-order valence-electron chi connectivity index (χ2n) is 5.58. The van der Waals surface area contributed by atoms with Gasteiger partial charge in [-0.1, -0.05) is 19.9 Å². The Balaban J connectivity index is 2.24. The van der Waals surface area contributed by atoms with Gasteiger partial charge in [0.25, 0.3) is 5.91 Å². The van der Waals surface area contributed by atoms with Crippen molar-refractivity contribution < 1.29 is 14.8 Å². The Hall–Kier alpha value is -1.76. The van der Waals surface area contributed by atoms with Crippen molar-refractivity contribution in [2.24, 2.45) is 0 Å². The topological polar surface area (TPSA) is 83.7 Å². The van der Waals surface area contributed by atoms with Gasteiger partial charge in [0.1, 0.15) is 0 Å². The molecule has 2 rings (SSSR count). The lowest BCUT2D eigenvalue weighted by atomic mass is 10.1. The fraction of sp³-hybridized carbons (Fsp3) is 0.500. The first-order valence-corrected chi connectivity index (χ1v) is 7.70. The number of nitrogens with zero attached hydrogens (tertiary/aromatic N) is 2. The van der Waals surface area contributed by atoms with Crippen LogP contribution in [0.5, 0.6) is 5.75 Å². The normalized spacial score (nSPS) is 18.1. The average molecular weight is 310 g/mol. The van der Waals surface area contributed by atoms with E-state index >= 15 is 0 Å². The van der Waals surface area contributed by atoms with Gasteiger partial charge < -0.3 is 10.0 Å². The van der Waals surface area contributed by atoms with Gasteiger partial charge in [0.2, 0.25) is 5.75 Å². The number of phenols is 1. The third-order valence-electron chi connectivity index (χ3n) is 3.57. The van der Waals surface area contributed by atoms with E-state index in [9.17, 15) is 20.0 Å². The van der Waals surface area contributed by atoms with E-state index in [2.05, 4.69) is 13.8 Å². The molecule has 6 nitrogen and oxygen atoms in total. The molecule has 0 aromatic heterocycles. The molecule has 1 saturated heterocycles. The van der Waals surface area contributed by atoms with Gasteiger partial charge in [-0.25, -0.2) is 0 Å². The predicted octanol–water partition coefficient (Wildman–Crippen LogP) is 2.66. The van der Waals surface area contributed by atoms with Crippen molar-refractivity contribution in [1.82, 2.24) is 4.90 Å². The van der Waals surface area contributed by atoms with Crippen molar-refractivity contribution in [2.75, 3.05) is 18.8 Å². The molecule has 1 aliphatic rings. The van der Waals surface area contributed by atoms with Crippen LogP contribution >= 0.6 is 11.8 Å². The van der Waals surface area contributed by atoms with Crippen LogP contribution in [0.25, 0.3) is 0 Å². The maximum absolute atomic E-state index is 12.5. The van der Waals surface area contributed by atoms with Crippen molar-refractivity contribution >= 4 is 23.4 Å². The molecular weight excluding hydrogens is 292 g/mol. The Morgan fingerprint density at radius 1 is 1.43 bits per heavy atom. The number of carbonyl (C=O) groups excluding carboxylic acids is 1. The van der Waals surface area contributed by atoms with E-state index < -0.39 is 16.4 Å². The number of hydrogen-bond acceptors (Lipinski definition) is 5. The van der Waals surface area contributed by atoms with Gasteiger partial charge in [0.15, 0.2) is 0 Å². The molecule has 0 bridgehead atoms. The molecule has 0 radical (unpaired) electrons. The second kappa shape index (κ2) is 5.93. The number of amides is 1. The van der Waals surface area contributed by atoms with Crippen LogP contribution in [0, 0.1) is 10.1 Å². The van der Waals surface area contributed by atoms with Crippen LogP contribution in [0.1, 0.15) is 30.6 Å². The lowest BCUT2D eigenvalue weighted by Crippen LogP contribution is -2.33. The zero-order valence-electron chi connectivity index (χ0n) is 12.0. The van der Waals surface area contributed by atoms with E-state index in [1.165, 1.54) is 18.2 Å². The first-order chi connectivity index (χ1) is 9.82. The molecule has 1 aromatic carbocycles. The van der Waals surface area contributed by atoms with E-state index in [0.717, 1.165) is 12.2 Å². The molecule has 0 atom stereocenters. The Morgan fingerprint density at radius 3 is 2.81 bits per heavy atom. The van der Waals surface area contributed by atoms with Crippen LogP contribution in [0.2, 0.25) is 0 Å². The van der Waals surface area contributed by atoms with Gasteiger partial charge in [-0.15, -0.1) is 0 Å². The molecule has 0 saturated carbocycles. The summed E-state index contributed by atoms with van der Waals surface area (Å²) in [5.41, 5.74) is -0.445. The number of phenolic OH excluding ortho intramolecular Hbond substituents is 1. The number of nitro groups is 1. The third-order valence-corrected chi connectivity index (χ3v) is 4.94. The zero-order valence-corrected chi connectivity index (χ0v) is 12.9. The summed E-state index contributed by atoms with van der Waals surface area (Å²) in [6, 6.07) is 4.03. The van der Waals surface area contributed by atoms with Crippen LogP contribution < -0.4 is 0 Å². The Morgan fingerprint density at radius 2 is 2.14 bits per heavy atom. The van der Waals surface area contributed by atoms with E-state index in [1.54, 1.807) is 16.7 Å². The van der Waals surface area contributed by atoms with Crippen molar-refractivity contribution in [3.63, 3.8) is 0 Å². The standard InChI is InChI=1S/C14H18N2O4S/c1-14(2)6-7-15(8-9-21-14)13(18)10-4-3-5-11(12(10)17)16(19)20/h3-5,17H,6-9H2,1-2H3. The lowest BCUT2D eigenvalue weighted by molar-refractivity contribution is -0.385. The molecule has 1 aromatic rings. The monoisotopic (exact) mass is 310 g/mol. The number of aromatic hydroxyl groups is 1. The third kappa shape index (κ3) is 3.47. The molecular formula is C14H18N2O4S. The lowest BCUT2D eigenvalue weighted by Gasteiger charge is -2.23. The van der Waals surface area contributed by atoms with E-state index in [0.29, 0.717) is 13.1 Å². The molecule has 21 heavy (non-hydrogen) atoms. The molecule has 1 N–H and O–H groups in total. The molecule has 7 heteroatoms. The number of benzene rings is 1. The quantitative estimate of drug-likeness (QED) is 0.670. The number of hydrogen-bond donors (Lipinski definition) is 1. The summed E-state index contributed by atoms with van der Waals surface area (Å²) in [6.07, 6.45) is 0.846. The van der Waals surface area contributed by atoms with Crippen LogP contribution in [-0.2, 0) is 0 Å². The van der Waals surface area contributed by atoms with Crippen molar-refractivity contribution in [3.8, 4) is 5.75 Å². The van der Waals surface area contributed by atoms with Gasteiger partial charge in [0, 0.05) is 29.7 Å². The average Bonchev–Trinajstić information content (AvgIpc) is 2.59. The highest BCUT2D eigenvalue weighted by Crippen LogP contribution is 2.33. The van der Waals surface area contributed by atoms with Crippen LogP contribution in [0.3, 0.4) is 0 Å². The van der Waals surface area contributed by atoms with E-state index in [1.807, 2.05) is 0 Å². The second-order valence-corrected chi connectivity index (χ2v) is 7.38. The van der Waals surface area contributed by atoms with Gasteiger partial charge >= 0.3 is 5.69 Å². The molecule has 1 aliphatic heterocycles. The highest BCUT2D eigenvalue weighted by atomic mass is 32.2. The van der Waals surface area contributed by atoms with Crippen LogP contribution in [0.15, 0.2) is 18.2 Å². The largest absolute Gasteiger partial charge is 0.502 e. The van der Waals surface area contributed by atoms with Crippen LogP contribution in [0.4, 0.5) is 5.69 Å². The highest BCUT2D eigenvalue weighted by Gasteiger charge is 2.29. The van der Waals surface area contributed by atoms with Crippen molar-refractivity contribution in [2.45, 2.75) is 25.0 Å². The predicted molar refractivity (Wildman–Crippen MR) is 81.8 cm³/mol. The summed E-state index contributed by atoms with van der Waals surface area (Å²) in [6.45, 7) is 5.43. The number of carbonyl (C=O) groups is 1. The first kappa shape index (κ1) is 15.6. The first-order valence-electron chi connectivity index (χ1n) is 6.71. The maximum atomic E-state index is 12.5. The van der Waals surface area contributed by atoms with Gasteiger partial charge in [-0.3, -0.25) is 14.9 Å². The Bertz CT molecular complexity index is 574. The fourth-order valence-electron chi connectivity index (χ4n) is 2.24. The Kier molecular flexibility index (Phi) is 4.41. The van der Waals surface area contributed by atoms with Crippen LogP contribution in [-0.4, -0.2) is 44.4 Å². The molecule has 1 fully saturated rings. The molecule has 114 valence electrons. The summed E-state index contributed by atoms with van der Waals surface area (Å²) in [5, 5.41) is 20.8. The van der Waals surface area contributed by atoms with Gasteiger partial charge in [-0.2, -0.15) is 11.8 Å². The Labute approximate surface area is 127 Å². The smallest absolute Gasteiger partial charge is 0.311 e. The van der Waals surface area contributed by atoms with Crippen molar-refractivity contribution in [1.29, 1.82) is 0 Å². The highest BCUT2D eigenvalue weighted by molar-refractivity contribution is 8.00. The minimum absolute atomic E-state index is 0.00564. The summed E-state index contributed by atoms with van der Waals surface area (Å²) in [4.78, 5) is 24.3.